The zero-order chi connectivity index (χ0) is 21.5. The minimum absolute atomic E-state index is 0.345. The largest absolute Gasteiger partial charge is 0.368 e. The smallest absolute Gasteiger partial charge is 0.235 e. The lowest BCUT2D eigenvalue weighted by Gasteiger charge is -2.25. The average molecular weight is 421 g/mol. The molecule has 1 aliphatic rings. The number of benzene rings is 1. The van der Waals surface area contributed by atoms with Crippen molar-refractivity contribution in [3.05, 3.63) is 52.6 Å². The number of amides is 1. The highest BCUT2D eigenvalue weighted by molar-refractivity contribution is 8.00. The predicted octanol–water partition coefficient (Wildman–Crippen LogP) is 2.51. The normalized spacial score (nSPS) is 15.0. The van der Waals surface area contributed by atoms with Crippen LogP contribution >= 0.6 is 11.8 Å². The van der Waals surface area contributed by atoms with Gasteiger partial charge in [0.15, 0.2) is 0 Å². The predicted molar refractivity (Wildman–Crippen MR) is 117 cm³/mol. The fourth-order valence-corrected chi connectivity index (χ4v) is 4.64. The fraction of sp³-hybridized carbons (Fsp3) is 0.364. The lowest BCUT2D eigenvalue weighted by Crippen LogP contribution is -2.30. The van der Waals surface area contributed by atoms with Gasteiger partial charge in [0.05, 0.1) is 11.1 Å². The van der Waals surface area contributed by atoms with Crippen molar-refractivity contribution in [2.75, 3.05) is 31.1 Å². The molecule has 2 heterocycles. The van der Waals surface area contributed by atoms with Crippen molar-refractivity contribution in [2.24, 2.45) is 5.73 Å². The second-order valence-electron chi connectivity index (χ2n) is 6.95. The zero-order valence-electron chi connectivity index (χ0n) is 16.9. The van der Waals surface area contributed by atoms with E-state index < -0.39 is 11.2 Å². The molecule has 1 saturated heterocycles. The lowest BCUT2D eigenvalue weighted by molar-refractivity contribution is -0.117. The quantitative estimate of drug-likeness (QED) is 0.689. The number of hydrogen-bond donors (Lipinski definition) is 2. The maximum Gasteiger partial charge on any atom is 0.235 e. The number of carbonyl (C=O) groups excluding carboxylic acids is 1. The molecule has 1 aromatic heterocycles. The van der Waals surface area contributed by atoms with Crippen LogP contribution in [0, 0.1) is 22.7 Å². The van der Waals surface area contributed by atoms with Gasteiger partial charge in [-0.25, -0.2) is 4.98 Å². The van der Waals surface area contributed by atoms with E-state index >= 15 is 0 Å². The SMILES string of the molecule is CCc1c(C#N)c(SC(C(N)=O)c2ccccc2)nc(N2CCCNCC2)c1C#N. The molecule has 1 aliphatic heterocycles. The molecule has 1 unspecified atom stereocenters. The van der Waals surface area contributed by atoms with E-state index in [1.165, 1.54) is 11.8 Å². The van der Waals surface area contributed by atoms with Crippen LogP contribution in [0.15, 0.2) is 35.4 Å². The van der Waals surface area contributed by atoms with Gasteiger partial charge in [-0.3, -0.25) is 4.79 Å². The van der Waals surface area contributed by atoms with Crippen molar-refractivity contribution in [3.63, 3.8) is 0 Å². The molecule has 2 aromatic rings. The molecule has 30 heavy (non-hydrogen) atoms. The van der Waals surface area contributed by atoms with Crippen LogP contribution in [0.5, 0.6) is 0 Å². The molecule has 3 N–H and O–H groups in total. The van der Waals surface area contributed by atoms with Gasteiger partial charge in [-0.2, -0.15) is 10.5 Å². The summed E-state index contributed by atoms with van der Waals surface area (Å²) < 4.78 is 0. The van der Waals surface area contributed by atoms with Gasteiger partial charge in [0.2, 0.25) is 5.91 Å². The Balaban J connectivity index is 2.13. The summed E-state index contributed by atoms with van der Waals surface area (Å²) in [5.74, 6) is 0.0793. The van der Waals surface area contributed by atoms with Crippen molar-refractivity contribution < 1.29 is 4.79 Å². The summed E-state index contributed by atoms with van der Waals surface area (Å²) in [5.41, 5.74) is 7.90. The molecule has 1 fully saturated rings. The van der Waals surface area contributed by atoms with E-state index in [1.807, 2.05) is 37.3 Å². The first-order valence-electron chi connectivity index (χ1n) is 9.94. The van der Waals surface area contributed by atoms with Crippen molar-refractivity contribution in [1.29, 1.82) is 10.5 Å². The van der Waals surface area contributed by atoms with Gasteiger partial charge in [-0.15, -0.1) is 0 Å². The molecular formula is C22H24N6OS. The second-order valence-corrected chi connectivity index (χ2v) is 8.04. The number of rotatable bonds is 6. The van der Waals surface area contributed by atoms with Crippen LogP contribution in [0.25, 0.3) is 0 Å². The zero-order valence-corrected chi connectivity index (χ0v) is 17.7. The number of nitriles is 2. The van der Waals surface area contributed by atoms with E-state index in [1.54, 1.807) is 0 Å². The molecule has 154 valence electrons. The highest BCUT2D eigenvalue weighted by Gasteiger charge is 2.27. The van der Waals surface area contributed by atoms with Crippen LogP contribution in [-0.2, 0) is 11.2 Å². The van der Waals surface area contributed by atoms with E-state index in [0.29, 0.717) is 34.0 Å². The number of nitrogens with two attached hydrogens (primary N) is 1. The molecule has 1 atom stereocenters. The molecule has 0 bridgehead atoms. The van der Waals surface area contributed by atoms with Crippen molar-refractivity contribution >= 4 is 23.5 Å². The van der Waals surface area contributed by atoms with Crippen molar-refractivity contribution in [1.82, 2.24) is 10.3 Å². The van der Waals surface area contributed by atoms with Gasteiger partial charge in [0, 0.05) is 19.6 Å². The number of primary amides is 1. The number of carbonyl (C=O) groups is 1. The fourth-order valence-electron chi connectivity index (χ4n) is 3.58. The van der Waals surface area contributed by atoms with Gasteiger partial charge in [0.25, 0.3) is 0 Å². The first-order chi connectivity index (χ1) is 14.6. The summed E-state index contributed by atoms with van der Waals surface area (Å²) >= 11 is 1.17. The Labute approximate surface area is 180 Å². The topological polar surface area (TPSA) is 119 Å². The van der Waals surface area contributed by atoms with Crippen LogP contribution in [-0.4, -0.2) is 37.1 Å². The molecule has 0 radical (unpaired) electrons. The number of nitrogens with zero attached hydrogens (tertiary/aromatic N) is 4. The molecule has 0 aliphatic carbocycles. The van der Waals surface area contributed by atoms with E-state index in [9.17, 15) is 15.3 Å². The summed E-state index contributed by atoms with van der Waals surface area (Å²) in [6.07, 6.45) is 1.46. The monoisotopic (exact) mass is 420 g/mol. The van der Waals surface area contributed by atoms with E-state index in [0.717, 1.165) is 38.2 Å². The Hall–Kier alpha value is -3.07. The molecule has 3 rings (SSSR count). The van der Waals surface area contributed by atoms with Crippen molar-refractivity contribution in [3.8, 4) is 12.1 Å². The number of nitrogens with one attached hydrogen (secondary N) is 1. The highest BCUT2D eigenvalue weighted by Crippen LogP contribution is 2.39. The van der Waals surface area contributed by atoms with Gasteiger partial charge < -0.3 is 16.0 Å². The summed E-state index contributed by atoms with van der Waals surface area (Å²) in [6, 6.07) is 13.7. The Morgan fingerprint density at radius 2 is 1.97 bits per heavy atom. The minimum atomic E-state index is -0.679. The van der Waals surface area contributed by atoms with Gasteiger partial charge in [-0.1, -0.05) is 49.0 Å². The first-order valence-corrected chi connectivity index (χ1v) is 10.8. The Morgan fingerprint density at radius 1 is 1.23 bits per heavy atom. The Bertz CT molecular complexity index is 987. The molecule has 1 amide bonds. The van der Waals surface area contributed by atoms with Crippen LogP contribution in [0.3, 0.4) is 0 Å². The maximum absolute atomic E-state index is 12.2. The number of pyridine rings is 1. The molecule has 1 aromatic carbocycles. The van der Waals surface area contributed by atoms with Crippen LogP contribution in [0.1, 0.15) is 40.8 Å². The minimum Gasteiger partial charge on any atom is -0.368 e. The molecule has 0 spiro atoms. The van der Waals surface area contributed by atoms with Gasteiger partial charge in [0.1, 0.15) is 28.2 Å². The number of thioether (sulfide) groups is 1. The van der Waals surface area contributed by atoms with E-state index in [-0.39, 0.29) is 0 Å². The highest BCUT2D eigenvalue weighted by atomic mass is 32.2. The molecular weight excluding hydrogens is 396 g/mol. The van der Waals surface area contributed by atoms with Crippen molar-refractivity contribution in [2.45, 2.75) is 30.0 Å². The summed E-state index contributed by atoms with van der Waals surface area (Å²) in [7, 11) is 0. The average Bonchev–Trinajstić information content (AvgIpc) is 3.06. The molecule has 0 saturated carbocycles. The Morgan fingerprint density at radius 3 is 2.60 bits per heavy atom. The van der Waals surface area contributed by atoms with Gasteiger partial charge in [-0.05, 0) is 30.5 Å². The summed E-state index contributed by atoms with van der Waals surface area (Å²) in [6.45, 7) is 5.12. The van der Waals surface area contributed by atoms with Crippen LogP contribution < -0.4 is 16.0 Å². The summed E-state index contributed by atoms with van der Waals surface area (Å²) in [5, 5.41) is 22.8. The third-order valence-corrected chi connectivity index (χ3v) is 6.31. The first kappa shape index (κ1) is 21.6. The summed E-state index contributed by atoms with van der Waals surface area (Å²) in [4.78, 5) is 19.1. The lowest BCUT2D eigenvalue weighted by atomic mass is 10.0. The third kappa shape index (κ3) is 4.56. The van der Waals surface area contributed by atoms with Crippen LogP contribution in [0.2, 0.25) is 0 Å². The maximum atomic E-state index is 12.2. The standard InChI is InChI=1S/C22H24N6OS/c1-2-16-17(13-23)21(28-11-6-9-26-10-12-28)27-22(18(16)14-24)30-19(20(25)29)15-7-4-3-5-8-15/h3-5,7-8,19,26H,2,6,9-12H2,1H3,(H2,25,29). The third-order valence-electron chi connectivity index (χ3n) is 5.06. The van der Waals surface area contributed by atoms with Crippen LogP contribution in [0.4, 0.5) is 5.82 Å². The molecule has 7 nitrogen and oxygen atoms in total. The van der Waals surface area contributed by atoms with Gasteiger partial charge >= 0.3 is 0 Å². The number of hydrogen-bond acceptors (Lipinski definition) is 7. The second kappa shape index (κ2) is 10.1. The van der Waals surface area contributed by atoms with E-state index in [2.05, 4.69) is 22.4 Å². The molecule has 8 heteroatoms. The number of anilines is 1. The van der Waals surface area contributed by atoms with E-state index in [4.69, 9.17) is 10.7 Å². The Kier molecular flexibility index (Phi) is 7.29. The number of aromatic nitrogens is 1.